The highest BCUT2D eigenvalue weighted by Gasteiger charge is 2.24. The maximum Gasteiger partial charge on any atom is 0.0615 e. The molecule has 0 bridgehead atoms. The molecule has 0 saturated carbocycles. The van der Waals surface area contributed by atoms with Crippen LogP contribution in [0.15, 0.2) is 15.9 Å². The molecule has 4 heteroatoms. The van der Waals surface area contributed by atoms with Gasteiger partial charge in [0.05, 0.1) is 12.7 Å². The largest absolute Gasteiger partial charge is 0.393 e. The molecule has 2 unspecified atom stereocenters. The second-order valence-corrected chi connectivity index (χ2v) is 5.54. The molecule has 1 aromatic heterocycles. The highest BCUT2D eigenvalue weighted by Crippen LogP contribution is 2.25. The van der Waals surface area contributed by atoms with Gasteiger partial charge in [-0.05, 0) is 34.8 Å². The minimum atomic E-state index is -0.190. The molecule has 0 radical (unpaired) electrons. The van der Waals surface area contributed by atoms with E-state index in [9.17, 15) is 5.11 Å². The maximum absolute atomic E-state index is 9.75. The summed E-state index contributed by atoms with van der Waals surface area (Å²) in [7, 11) is 0. The van der Waals surface area contributed by atoms with Crippen molar-refractivity contribution in [3.63, 3.8) is 0 Å². The SMILES string of the molecule is OC1CCOCC1Cc1cc(Br)cs1. The molecular formula is C10H13BrO2S. The van der Waals surface area contributed by atoms with Gasteiger partial charge >= 0.3 is 0 Å². The maximum atomic E-state index is 9.75. The fourth-order valence-corrected chi connectivity index (χ4v) is 3.25. The smallest absolute Gasteiger partial charge is 0.0615 e. The van der Waals surface area contributed by atoms with Crippen LogP contribution >= 0.6 is 27.3 Å². The molecular weight excluding hydrogens is 264 g/mol. The van der Waals surface area contributed by atoms with Crippen LogP contribution in [0.4, 0.5) is 0 Å². The molecule has 1 N–H and O–H groups in total. The van der Waals surface area contributed by atoms with Gasteiger partial charge in [-0.25, -0.2) is 0 Å². The second kappa shape index (κ2) is 4.75. The molecule has 14 heavy (non-hydrogen) atoms. The number of hydrogen-bond donors (Lipinski definition) is 1. The van der Waals surface area contributed by atoms with E-state index < -0.39 is 0 Å². The van der Waals surface area contributed by atoms with E-state index in [4.69, 9.17) is 4.74 Å². The molecule has 0 aliphatic carbocycles. The van der Waals surface area contributed by atoms with Crippen LogP contribution < -0.4 is 0 Å². The summed E-state index contributed by atoms with van der Waals surface area (Å²) in [4.78, 5) is 1.31. The molecule has 2 atom stereocenters. The minimum Gasteiger partial charge on any atom is -0.393 e. The van der Waals surface area contributed by atoms with E-state index in [0.717, 1.165) is 17.3 Å². The van der Waals surface area contributed by atoms with Crippen molar-refractivity contribution >= 4 is 27.3 Å². The molecule has 1 fully saturated rings. The lowest BCUT2D eigenvalue weighted by molar-refractivity contribution is -0.0347. The summed E-state index contributed by atoms with van der Waals surface area (Å²) < 4.78 is 6.49. The average Bonchev–Trinajstić information content (AvgIpc) is 2.56. The van der Waals surface area contributed by atoms with Crippen LogP contribution in [0.2, 0.25) is 0 Å². The van der Waals surface area contributed by atoms with Crippen molar-refractivity contribution in [3.05, 3.63) is 20.8 Å². The van der Waals surface area contributed by atoms with Crippen molar-refractivity contribution in [1.29, 1.82) is 0 Å². The van der Waals surface area contributed by atoms with Crippen LogP contribution in [0, 0.1) is 5.92 Å². The molecule has 0 amide bonds. The van der Waals surface area contributed by atoms with Gasteiger partial charge in [0.15, 0.2) is 0 Å². The molecule has 2 nitrogen and oxygen atoms in total. The number of hydrogen-bond acceptors (Lipinski definition) is 3. The van der Waals surface area contributed by atoms with Crippen LogP contribution in [-0.2, 0) is 11.2 Å². The van der Waals surface area contributed by atoms with E-state index in [1.165, 1.54) is 4.88 Å². The fraction of sp³-hybridized carbons (Fsp3) is 0.600. The van der Waals surface area contributed by atoms with E-state index in [0.29, 0.717) is 13.2 Å². The zero-order valence-corrected chi connectivity index (χ0v) is 10.2. The number of thiophene rings is 1. The lowest BCUT2D eigenvalue weighted by Crippen LogP contribution is -2.32. The number of halogens is 1. The topological polar surface area (TPSA) is 29.5 Å². The molecule has 0 spiro atoms. The minimum absolute atomic E-state index is 0.190. The molecule has 1 aliphatic rings. The van der Waals surface area contributed by atoms with Gasteiger partial charge in [-0.1, -0.05) is 0 Å². The van der Waals surface area contributed by atoms with Crippen LogP contribution in [-0.4, -0.2) is 24.4 Å². The highest BCUT2D eigenvalue weighted by molar-refractivity contribution is 9.10. The molecule has 1 aliphatic heterocycles. The third-order valence-electron chi connectivity index (χ3n) is 2.52. The Morgan fingerprint density at radius 3 is 3.14 bits per heavy atom. The van der Waals surface area contributed by atoms with E-state index in [1.54, 1.807) is 11.3 Å². The zero-order chi connectivity index (χ0) is 9.97. The van der Waals surface area contributed by atoms with Crippen molar-refractivity contribution in [2.75, 3.05) is 13.2 Å². The first kappa shape index (κ1) is 10.6. The van der Waals surface area contributed by atoms with Crippen molar-refractivity contribution < 1.29 is 9.84 Å². The van der Waals surface area contributed by atoms with Crippen LogP contribution in [0.25, 0.3) is 0 Å². The Morgan fingerprint density at radius 1 is 1.64 bits per heavy atom. The standard InChI is InChI=1S/C10H13BrO2S/c11-8-4-9(14-6-8)3-7-5-13-2-1-10(7)12/h4,6-7,10,12H,1-3,5H2. The number of aliphatic hydroxyl groups excluding tert-OH is 1. The van der Waals surface area contributed by atoms with Gasteiger partial charge < -0.3 is 9.84 Å². The van der Waals surface area contributed by atoms with Gasteiger partial charge in [0.2, 0.25) is 0 Å². The molecule has 2 heterocycles. The van der Waals surface area contributed by atoms with Gasteiger partial charge in [0.25, 0.3) is 0 Å². The number of rotatable bonds is 2. The van der Waals surface area contributed by atoms with Crippen LogP contribution in [0.1, 0.15) is 11.3 Å². The predicted octanol–water partition coefficient (Wildman–Crippen LogP) is 2.45. The molecule has 1 saturated heterocycles. The molecule has 2 rings (SSSR count). The quantitative estimate of drug-likeness (QED) is 0.899. The van der Waals surface area contributed by atoms with E-state index in [-0.39, 0.29) is 12.0 Å². The van der Waals surface area contributed by atoms with Gasteiger partial charge in [-0.3, -0.25) is 0 Å². The average molecular weight is 277 g/mol. The number of ether oxygens (including phenoxy) is 1. The Kier molecular flexibility index (Phi) is 3.60. The Morgan fingerprint density at radius 2 is 2.50 bits per heavy atom. The second-order valence-electron chi connectivity index (χ2n) is 3.63. The Balaban J connectivity index is 1.95. The summed E-state index contributed by atoms with van der Waals surface area (Å²) in [5.74, 6) is 0.272. The fourth-order valence-electron chi connectivity index (χ4n) is 1.70. The van der Waals surface area contributed by atoms with Gasteiger partial charge in [-0.15, -0.1) is 11.3 Å². The van der Waals surface area contributed by atoms with E-state index >= 15 is 0 Å². The summed E-state index contributed by atoms with van der Waals surface area (Å²) in [6, 6.07) is 2.12. The zero-order valence-electron chi connectivity index (χ0n) is 7.78. The summed E-state index contributed by atoms with van der Waals surface area (Å²) in [5, 5.41) is 11.8. The Labute approximate surface area is 96.0 Å². The Hall–Kier alpha value is 0.1000. The van der Waals surface area contributed by atoms with E-state index in [2.05, 4.69) is 27.4 Å². The summed E-state index contributed by atoms with van der Waals surface area (Å²) >= 11 is 5.16. The Bertz CT molecular complexity index is 300. The first-order valence-corrected chi connectivity index (χ1v) is 6.41. The third kappa shape index (κ3) is 2.57. The van der Waals surface area contributed by atoms with Crippen molar-refractivity contribution in [2.24, 2.45) is 5.92 Å². The molecule has 1 aromatic rings. The van der Waals surface area contributed by atoms with E-state index in [1.807, 2.05) is 0 Å². The lowest BCUT2D eigenvalue weighted by Gasteiger charge is -2.27. The van der Waals surface area contributed by atoms with Crippen molar-refractivity contribution in [3.8, 4) is 0 Å². The van der Waals surface area contributed by atoms with Gasteiger partial charge in [0, 0.05) is 27.3 Å². The molecule has 78 valence electrons. The highest BCUT2D eigenvalue weighted by atomic mass is 79.9. The van der Waals surface area contributed by atoms with Crippen LogP contribution in [0.3, 0.4) is 0 Å². The van der Waals surface area contributed by atoms with Crippen molar-refractivity contribution in [2.45, 2.75) is 18.9 Å². The number of aliphatic hydroxyl groups is 1. The lowest BCUT2D eigenvalue weighted by atomic mass is 9.95. The van der Waals surface area contributed by atoms with Crippen molar-refractivity contribution in [1.82, 2.24) is 0 Å². The monoisotopic (exact) mass is 276 g/mol. The van der Waals surface area contributed by atoms with Crippen LogP contribution in [0.5, 0.6) is 0 Å². The normalized spacial score (nSPS) is 27.9. The summed E-state index contributed by atoms with van der Waals surface area (Å²) in [5.41, 5.74) is 0. The van der Waals surface area contributed by atoms with Gasteiger partial charge in [-0.2, -0.15) is 0 Å². The summed E-state index contributed by atoms with van der Waals surface area (Å²) in [6.45, 7) is 1.39. The summed E-state index contributed by atoms with van der Waals surface area (Å²) in [6.07, 6.45) is 1.51. The molecule has 0 aromatic carbocycles. The third-order valence-corrected chi connectivity index (χ3v) is 4.24. The van der Waals surface area contributed by atoms with Gasteiger partial charge in [0.1, 0.15) is 0 Å². The predicted molar refractivity (Wildman–Crippen MR) is 60.7 cm³/mol. The first-order valence-electron chi connectivity index (χ1n) is 4.74. The first-order chi connectivity index (χ1) is 6.75.